The van der Waals surface area contributed by atoms with E-state index in [9.17, 15) is 19.5 Å². The first-order chi connectivity index (χ1) is 16.8. The van der Waals surface area contributed by atoms with Gasteiger partial charge in [-0.05, 0) is 53.0 Å². The lowest BCUT2D eigenvalue weighted by Crippen LogP contribution is -2.55. The maximum atomic E-state index is 12.8. The highest BCUT2D eigenvalue weighted by molar-refractivity contribution is 7.98. The van der Waals surface area contributed by atoms with E-state index >= 15 is 0 Å². The minimum absolute atomic E-state index is 0.0731. The van der Waals surface area contributed by atoms with Crippen LogP contribution in [0.15, 0.2) is 48.5 Å². The Morgan fingerprint density at radius 3 is 2.14 bits per heavy atom. The fraction of sp³-hybridized carbons (Fsp3) is 0.423. The summed E-state index contributed by atoms with van der Waals surface area (Å²) in [5, 5.41) is 12.0. The molecule has 1 aliphatic carbocycles. The van der Waals surface area contributed by atoms with Gasteiger partial charge in [0.15, 0.2) is 0 Å². The smallest absolute Gasteiger partial charge is 0.421 e. The van der Waals surface area contributed by atoms with Gasteiger partial charge in [0.2, 0.25) is 5.91 Å². The molecule has 0 radical (unpaired) electrons. The van der Waals surface area contributed by atoms with E-state index in [1.807, 2.05) is 56.5 Å². The minimum Gasteiger partial charge on any atom is -0.480 e. The zero-order chi connectivity index (χ0) is 25.4. The quantitative estimate of drug-likeness (QED) is 0.329. The summed E-state index contributed by atoms with van der Waals surface area (Å²) < 4.78 is 5.50. The summed E-state index contributed by atoms with van der Waals surface area (Å²) in [6, 6.07) is 14.3. The van der Waals surface area contributed by atoms with Crippen molar-refractivity contribution in [2.75, 3.05) is 18.6 Å². The Morgan fingerprint density at radius 1 is 1.00 bits per heavy atom. The number of hydrogen-bond acceptors (Lipinski definition) is 6. The number of amides is 2. The molecule has 0 spiro atoms. The maximum absolute atomic E-state index is 12.8. The summed E-state index contributed by atoms with van der Waals surface area (Å²) in [5.74, 6) is -0.880. The van der Waals surface area contributed by atoms with E-state index in [1.165, 1.54) is 0 Å². The van der Waals surface area contributed by atoms with Crippen LogP contribution in [-0.4, -0.2) is 53.8 Å². The van der Waals surface area contributed by atoms with Crippen molar-refractivity contribution in [2.24, 2.45) is 5.92 Å². The number of hydrazine groups is 1. The molecule has 2 atom stereocenters. The fourth-order valence-corrected chi connectivity index (χ4v) is 4.72. The highest BCUT2D eigenvalue weighted by Gasteiger charge is 2.30. The molecule has 8 nitrogen and oxygen atoms in total. The Balaban J connectivity index is 1.58. The van der Waals surface area contributed by atoms with Crippen molar-refractivity contribution in [1.29, 1.82) is 0 Å². The number of carbonyl (C=O) groups excluding carboxylic acids is 2. The lowest BCUT2D eigenvalue weighted by Gasteiger charge is -2.22. The number of hydrogen-bond donors (Lipinski definition) is 4. The standard InChI is InChI=1S/C26H33N3O5S/c1-16(2)14-23(25(31)32)27-24(30)22(12-13-35-3)28-29-26(33)34-15-21-19-10-6-4-8-17(19)18-9-5-7-11-20(18)21/h4-11,16,21-23,28H,12-15H2,1-3H3,(H,27,30)(H,29,33)(H,31,32)/t22-,23-/m0/s1. The zero-order valence-corrected chi connectivity index (χ0v) is 21.1. The van der Waals surface area contributed by atoms with Crippen molar-refractivity contribution in [3.63, 3.8) is 0 Å². The van der Waals surface area contributed by atoms with Crippen LogP contribution < -0.4 is 16.2 Å². The normalized spacial score (nSPS) is 14.1. The summed E-state index contributed by atoms with van der Waals surface area (Å²) in [7, 11) is 0. The molecule has 1 aliphatic rings. The van der Waals surface area contributed by atoms with Gasteiger partial charge in [-0.3, -0.25) is 10.2 Å². The Kier molecular flexibility index (Phi) is 9.56. The van der Waals surface area contributed by atoms with Gasteiger partial charge in [-0.1, -0.05) is 62.4 Å². The molecule has 0 saturated carbocycles. The Labute approximate surface area is 210 Å². The molecule has 2 aromatic carbocycles. The third-order valence-corrected chi connectivity index (χ3v) is 6.58. The van der Waals surface area contributed by atoms with Crippen LogP contribution in [0.4, 0.5) is 4.79 Å². The number of aliphatic carboxylic acids is 1. The number of carboxylic acid groups (broad SMARTS) is 1. The molecule has 4 N–H and O–H groups in total. The van der Waals surface area contributed by atoms with E-state index in [0.29, 0.717) is 18.6 Å². The molecule has 0 saturated heterocycles. The molecular weight excluding hydrogens is 466 g/mol. The number of thioether (sulfide) groups is 1. The third kappa shape index (κ3) is 6.99. The summed E-state index contributed by atoms with van der Waals surface area (Å²) >= 11 is 1.55. The largest absolute Gasteiger partial charge is 0.480 e. The first-order valence-corrected chi connectivity index (χ1v) is 13.1. The van der Waals surface area contributed by atoms with Gasteiger partial charge in [-0.15, -0.1) is 0 Å². The molecule has 3 rings (SSSR count). The fourth-order valence-electron chi connectivity index (χ4n) is 4.25. The van der Waals surface area contributed by atoms with Crippen LogP contribution in [-0.2, 0) is 14.3 Å². The molecule has 188 valence electrons. The summed E-state index contributed by atoms with van der Waals surface area (Å²) in [4.78, 5) is 36.8. The lowest BCUT2D eigenvalue weighted by molar-refractivity contribution is -0.142. The van der Waals surface area contributed by atoms with Crippen molar-refractivity contribution in [1.82, 2.24) is 16.2 Å². The van der Waals surface area contributed by atoms with E-state index in [1.54, 1.807) is 11.8 Å². The number of ether oxygens (including phenoxy) is 1. The molecule has 0 heterocycles. The first kappa shape index (κ1) is 26.6. The van der Waals surface area contributed by atoms with Gasteiger partial charge in [0.1, 0.15) is 18.7 Å². The minimum atomic E-state index is -1.08. The van der Waals surface area contributed by atoms with E-state index in [4.69, 9.17) is 4.74 Å². The van der Waals surface area contributed by atoms with Crippen LogP contribution in [0.3, 0.4) is 0 Å². The second-order valence-electron chi connectivity index (χ2n) is 8.96. The summed E-state index contributed by atoms with van der Waals surface area (Å²) in [6.07, 6.45) is 1.93. The Hall–Kier alpha value is -3.04. The molecule has 0 unspecified atom stereocenters. The van der Waals surface area contributed by atoms with Gasteiger partial charge in [0.05, 0.1) is 0 Å². The van der Waals surface area contributed by atoms with Crippen LogP contribution in [0.1, 0.15) is 43.7 Å². The van der Waals surface area contributed by atoms with Gasteiger partial charge in [-0.25, -0.2) is 15.0 Å². The van der Waals surface area contributed by atoms with Crippen LogP contribution in [0.5, 0.6) is 0 Å². The van der Waals surface area contributed by atoms with Crippen LogP contribution in [0, 0.1) is 5.92 Å². The second-order valence-corrected chi connectivity index (χ2v) is 9.94. The van der Waals surface area contributed by atoms with E-state index in [2.05, 4.69) is 28.3 Å². The van der Waals surface area contributed by atoms with Gasteiger partial charge < -0.3 is 15.2 Å². The molecule has 9 heteroatoms. The average Bonchev–Trinajstić information content (AvgIpc) is 3.15. The van der Waals surface area contributed by atoms with Crippen LogP contribution >= 0.6 is 11.8 Å². The molecule has 35 heavy (non-hydrogen) atoms. The number of carbonyl (C=O) groups is 3. The van der Waals surface area contributed by atoms with E-state index in [-0.39, 0.29) is 18.4 Å². The predicted molar refractivity (Wildman–Crippen MR) is 137 cm³/mol. The number of nitrogens with one attached hydrogen (secondary N) is 3. The van der Waals surface area contributed by atoms with Crippen LogP contribution in [0.2, 0.25) is 0 Å². The number of fused-ring (bicyclic) bond motifs is 3. The second kappa shape index (κ2) is 12.6. The third-order valence-electron chi connectivity index (χ3n) is 5.94. The zero-order valence-electron chi connectivity index (χ0n) is 20.2. The number of rotatable bonds is 12. The Bertz CT molecular complexity index is 1000. The average molecular weight is 500 g/mol. The monoisotopic (exact) mass is 499 g/mol. The first-order valence-electron chi connectivity index (χ1n) is 11.7. The number of benzene rings is 2. The molecule has 0 aromatic heterocycles. The molecular formula is C26H33N3O5S. The van der Waals surface area contributed by atoms with E-state index < -0.39 is 30.1 Å². The topological polar surface area (TPSA) is 117 Å². The molecule has 0 bridgehead atoms. The van der Waals surface area contributed by atoms with Crippen molar-refractivity contribution < 1.29 is 24.2 Å². The van der Waals surface area contributed by atoms with Crippen molar-refractivity contribution in [3.8, 4) is 11.1 Å². The SMILES string of the molecule is CSCC[C@H](NNC(=O)OCC1c2ccccc2-c2ccccc21)C(=O)N[C@@H](CC(C)C)C(=O)O. The Morgan fingerprint density at radius 2 is 1.60 bits per heavy atom. The summed E-state index contributed by atoms with van der Waals surface area (Å²) in [6.45, 7) is 3.94. The van der Waals surface area contributed by atoms with Crippen molar-refractivity contribution in [3.05, 3.63) is 59.7 Å². The molecule has 2 amide bonds. The lowest BCUT2D eigenvalue weighted by atomic mass is 9.98. The maximum Gasteiger partial charge on any atom is 0.421 e. The van der Waals surface area contributed by atoms with Gasteiger partial charge >= 0.3 is 12.1 Å². The predicted octanol–water partition coefficient (Wildman–Crippen LogP) is 3.77. The van der Waals surface area contributed by atoms with E-state index in [0.717, 1.165) is 22.3 Å². The molecule has 0 aliphatic heterocycles. The molecule has 0 fully saturated rings. The van der Waals surface area contributed by atoms with Gasteiger partial charge in [0, 0.05) is 5.92 Å². The highest BCUT2D eigenvalue weighted by Crippen LogP contribution is 2.44. The summed E-state index contributed by atoms with van der Waals surface area (Å²) in [5.41, 5.74) is 9.67. The van der Waals surface area contributed by atoms with Gasteiger partial charge in [-0.2, -0.15) is 11.8 Å². The highest BCUT2D eigenvalue weighted by atomic mass is 32.2. The van der Waals surface area contributed by atoms with Crippen LogP contribution in [0.25, 0.3) is 11.1 Å². The number of carboxylic acids is 1. The molecule has 2 aromatic rings. The van der Waals surface area contributed by atoms with Crippen molar-refractivity contribution >= 4 is 29.7 Å². The van der Waals surface area contributed by atoms with Gasteiger partial charge in [0.25, 0.3) is 0 Å². The van der Waals surface area contributed by atoms with Crippen molar-refractivity contribution in [2.45, 2.75) is 44.7 Å².